The van der Waals surface area contributed by atoms with E-state index >= 15 is 0 Å². The molecule has 5 nitrogen and oxygen atoms in total. The van der Waals surface area contributed by atoms with Crippen molar-refractivity contribution in [3.05, 3.63) is 59.9 Å². The Bertz CT molecular complexity index is 976. The Kier molecular flexibility index (Phi) is 7.01. The molecule has 33 heavy (non-hydrogen) atoms. The largest absolute Gasteiger partial charge is 0.497 e. The number of ether oxygens (including phenoxy) is 1. The number of rotatable bonds is 5. The van der Waals surface area contributed by atoms with Crippen molar-refractivity contribution >= 4 is 17.5 Å². The van der Waals surface area contributed by atoms with E-state index in [0.29, 0.717) is 36.1 Å². The molecule has 1 saturated carbocycles. The van der Waals surface area contributed by atoms with Crippen molar-refractivity contribution in [2.45, 2.75) is 58.0 Å². The average molecular weight is 453 g/mol. The molecular formula is C27H33FN2O3. The highest BCUT2D eigenvalue weighted by Crippen LogP contribution is 2.41. The monoisotopic (exact) mass is 452 g/mol. The van der Waals surface area contributed by atoms with Crippen LogP contribution in [0.25, 0.3) is 0 Å². The van der Waals surface area contributed by atoms with Gasteiger partial charge >= 0.3 is 0 Å². The van der Waals surface area contributed by atoms with Crippen LogP contribution in [0.3, 0.4) is 0 Å². The number of hydrogen-bond acceptors (Lipinski definition) is 3. The number of anilines is 1. The third kappa shape index (κ3) is 4.90. The molecule has 176 valence electrons. The fraction of sp³-hybridized carbons (Fsp3) is 0.481. The number of benzene rings is 2. The van der Waals surface area contributed by atoms with Gasteiger partial charge in [-0.3, -0.25) is 9.59 Å². The molecule has 2 aromatic carbocycles. The van der Waals surface area contributed by atoms with Crippen molar-refractivity contribution in [2.24, 2.45) is 17.8 Å². The summed E-state index contributed by atoms with van der Waals surface area (Å²) in [4.78, 5) is 28.5. The summed E-state index contributed by atoms with van der Waals surface area (Å²) in [5.74, 6) is 0.842. The fourth-order valence-electron chi connectivity index (χ4n) is 5.33. The van der Waals surface area contributed by atoms with Crippen molar-refractivity contribution in [2.75, 3.05) is 12.0 Å². The zero-order chi connectivity index (χ0) is 23.5. The van der Waals surface area contributed by atoms with Crippen LogP contribution >= 0.6 is 0 Å². The van der Waals surface area contributed by atoms with Crippen LogP contribution in [-0.2, 0) is 9.59 Å². The Morgan fingerprint density at radius 3 is 2.39 bits per heavy atom. The first-order valence-electron chi connectivity index (χ1n) is 11.9. The highest BCUT2D eigenvalue weighted by Gasteiger charge is 2.42. The summed E-state index contributed by atoms with van der Waals surface area (Å²) in [5, 5.41) is 3.31. The highest BCUT2D eigenvalue weighted by atomic mass is 19.1. The number of carbonyl (C=O) groups excluding carboxylic acids is 2. The molecule has 0 bridgehead atoms. The summed E-state index contributed by atoms with van der Waals surface area (Å²) in [6.45, 7) is 4.45. The summed E-state index contributed by atoms with van der Waals surface area (Å²) in [6.07, 6.45) is 4.04. The van der Waals surface area contributed by atoms with E-state index in [1.165, 1.54) is 18.6 Å². The van der Waals surface area contributed by atoms with E-state index in [0.717, 1.165) is 18.4 Å². The zero-order valence-electron chi connectivity index (χ0n) is 19.6. The molecule has 0 aromatic heterocycles. The Labute approximate surface area is 195 Å². The lowest BCUT2D eigenvalue weighted by Gasteiger charge is -2.42. The Balaban J connectivity index is 1.67. The van der Waals surface area contributed by atoms with Crippen molar-refractivity contribution in [3.8, 4) is 5.75 Å². The van der Waals surface area contributed by atoms with Crippen LogP contribution in [0.4, 0.5) is 10.1 Å². The number of halogens is 1. The molecule has 1 N–H and O–H groups in total. The van der Waals surface area contributed by atoms with E-state index in [2.05, 4.69) is 19.2 Å². The van der Waals surface area contributed by atoms with Gasteiger partial charge in [-0.1, -0.05) is 38.8 Å². The second kappa shape index (κ2) is 9.94. The third-order valence-corrected chi connectivity index (χ3v) is 7.53. The van der Waals surface area contributed by atoms with Gasteiger partial charge < -0.3 is 15.0 Å². The lowest BCUT2D eigenvalue weighted by atomic mass is 9.77. The predicted octanol–water partition coefficient (Wildman–Crippen LogP) is 5.26. The minimum Gasteiger partial charge on any atom is -0.497 e. The Hall–Kier alpha value is -2.89. The van der Waals surface area contributed by atoms with Crippen LogP contribution in [0.2, 0.25) is 0 Å². The highest BCUT2D eigenvalue weighted by molar-refractivity contribution is 5.97. The molecule has 0 spiro atoms. The quantitative estimate of drug-likeness (QED) is 0.673. The van der Waals surface area contributed by atoms with Gasteiger partial charge in [0.15, 0.2) is 0 Å². The van der Waals surface area contributed by atoms with Gasteiger partial charge in [-0.05, 0) is 66.6 Å². The summed E-state index contributed by atoms with van der Waals surface area (Å²) >= 11 is 0. The molecular weight excluding hydrogens is 419 g/mol. The van der Waals surface area contributed by atoms with E-state index in [9.17, 15) is 14.0 Å². The van der Waals surface area contributed by atoms with Gasteiger partial charge in [0.1, 0.15) is 11.6 Å². The summed E-state index contributed by atoms with van der Waals surface area (Å²) in [7, 11) is 1.59. The normalized spacial score (nSPS) is 27.8. The van der Waals surface area contributed by atoms with E-state index in [1.807, 2.05) is 12.1 Å². The first-order chi connectivity index (χ1) is 15.9. The van der Waals surface area contributed by atoms with Gasteiger partial charge in [0, 0.05) is 18.2 Å². The molecule has 2 amide bonds. The van der Waals surface area contributed by atoms with Gasteiger partial charge in [-0.2, -0.15) is 0 Å². The summed E-state index contributed by atoms with van der Waals surface area (Å²) in [6, 6.07) is 13.1. The number of nitrogens with zero attached hydrogens (tertiary/aromatic N) is 1. The predicted molar refractivity (Wildman–Crippen MR) is 126 cm³/mol. The molecule has 5 atom stereocenters. The zero-order valence-corrected chi connectivity index (χ0v) is 19.6. The van der Waals surface area contributed by atoms with E-state index in [1.54, 1.807) is 36.3 Å². The lowest BCUT2D eigenvalue weighted by molar-refractivity contribution is -0.130. The van der Waals surface area contributed by atoms with Crippen LogP contribution in [0.1, 0.15) is 57.6 Å². The maximum absolute atomic E-state index is 13.7. The van der Waals surface area contributed by atoms with Gasteiger partial charge in [-0.15, -0.1) is 0 Å². The second-order valence-electron chi connectivity index (χ2n) is 9.49. The molecule has 1 aliphatic carbocycles. The first-order valence-corrected chi connectivity index (χ1v) is 11.9. The number of amides is 2. The van der Waals surface area contributed by atoms with Gasteiger partial charge in [0.25, 0.3) is 0 Å². The van der Waals surface area contributed by atoms with E-state index in [4.69, 9.17) is 4.74 Å². The standard InChI is InChI=1S/C27H33FN2O3/c1-17-5-4-6-24(18(17)2)29-27(32)23-15-16-25(31)30(21-11-13-22(33-3)14-12-21)26(23)19-7-9-20(28)10-8-19/h7-14,17-18,23-24,26H,4-6,15-16H2,1-3H3,(H,29,32)/t17-,18-,23-,24+,26+/m0/s1. The van der Waals surface area contributed by atoms with E-state index in [-0.39, 0.29) is 23.7 Å². The molecule has 6 heteroatoms. The Morgan fingerprint density at radius 2 is 1.73 bits per heavy atom. The van der Waals surface area contributed by atoms with Crippen molar-refractivity contribution in [3.63, 3.8) is 0 Å². The van der Waals surface area contributed by atoms with Crippen LogP contribution in [0.5, 0.6) is 5.75 Å². The number of hydrogen-bond donors (Lipinski definition) is 1. The lowest BCUT2D eigenvalue weighted by Crippen LogP contribution is -2.52. The van der Waals surface area contributed by atoms with Gasteiger partial charge in [0.2, 0.25) is 11.8 Å². The number of carbonyl (C=O) groups is 2. The minimum absolute atomic E-state index is 0.0266. The minimum atomic E-state index is -0.503. The van der Waals surface area contributed by atoms with Crippen LogP contribution in [0, 0.1) is 23.6 Å². The molecule has 0 unspecified atom stereocenters. The van der Waals surface area contributed by atoms with Crippen molar-refractivity contribution < 1.29 is 18.7 Å². The molecule has 1 saturated heterocycles. The number of methoxy groups -OCH3 is 1. The molecule has 2 aromatic rings. The molecule has 1 aliphatic heterocycles. The molecule has 2 fully saturated rings. The van der Waals surface area contributed by atoms with Crippen LogP contribution < -0.4 is 15.0 Å². The summed E-state index contributed by atoms with van der Waals surface area (Å²) < 4.78 is 19.0. The SMILES string of the molecule is COc1ccc(N2C(=O)CC[C@H](C(=O)N[C@@H]3CCC[C@H](C)[C@@H]3C)[C@H]2c2ccc(F)cc2)cc1. The molecule has 1 heterocycles. The molecule has 2 aliphatic rings. The second-order valence-corrected chi connectivity index (χ2v) is 9.49. The van der Waals surface area contributed by atoms with Gasteiger partial charge in [-0.25, -0.2) is 4.39 Å². The van der Waals surface area contributed by atoms with Crippen molar-refractivity contribution in [1.82, 2.24) is 5.32 Å². The average Bonchev–Trinajstić information content (AvgIpc) is 2.82. The topological polar surface area (TPSA) is 58.6 Å². The smallest absolute Gasteiger partial charge is 0.227 e. The maximum Gasteiger partial charge on any atom is 0.227 e. The van der Waals surface area contributed by atoms with Crippen molar-refractivity contribution in [1.29, 1.82) is 0 Å². The number of piperidine rings is 1. The first kappa shape index (κ1) is 23.3. The molecule has 4 rings (SSSR count). The molecule has 0 radical (unpaired) electrons. The maximum atomic E-state index is 13.7. The number of nitrogens with one attached hydrogen (secondary N) is 1. The van der Waals surface area contributed by atoms with Gasteiger partial charge in [0.05, 0.1) is 19.1 Å². The third-order valence-electron chi connectivity index (χ3n) is 7.53. The van der Waals surface area contributed by atoms with Crippen LogP contribution in [-0.4, -0.2) is 25.0 Å². The summed E-state index contributed by atoms with van der Waals surface area (Å²) in [5.41, 5.74) is 1.46. The van der Waals surface area contributed by atoms with E-state index < -0.39 is 12.0 Å². The fourth-order valence-corrected chi connectivity index (χ4v) is 5.33. The van der Waals surface area contributed by atoms with Crippen LogP contribution in [0.15, 0.2) is 48.5 Å². The Morgan fingerprint density at radius 1 is 1.03 bits per heavy atom.